The highest BCUT2D eigenvalue weighted by Gasteiger charge is 2.11. The molecule has 1 aromatic carbocycles. The number of nitrogens with one attached hydrogen (secondary N) is 1. The molecule has 7 heteroatoms. The second-order valence-corrected chi connectivity index (χ2v) is 5.85. The van der Waals surface area contributed by atoms with E-state index in [0.29, 0.717) is 16.4 Å². The van der Waals surface area contributed by atoms with E-state index >= 15 is 0 Å². The van der Waals surface area contributed by atoms with Crippen molar-refractivity contribution in [3.8, 4) is 0 Å². The number of thioether (sulfide) groups is 1. The van der Waals surface area contributed by atoms with Crippen LogP contribution < -0.4 is 5.32 Å². The van der Waals surface area contributed by atoms with Crippen LogP contribution in [-0.2, 0) is 4.79 Å². The summed E-state index contributed by atoms with van der Waals surface area (Å²) in [5, 5.41) is 11.3. The molecule has 2 aromatic rings. The second-order valence-electron chi connectivity index (χ2n) is 4.91. The van der Waals surface area contributed by atoms with Crippen LogP contribution in [0.25, 0.3) is 0 Å². The van der Waals surface area contributed by atoms with E-state index in [1.165, 1.54) is 23.9 Å². The summed E-state index contributed by atoms with van der Waals surface area (Å²) >= 11 is 1.32. The standard InChI is InChI=1S/C14H17FN4OS/c1-9(2)19-8-16-18-14(19)21-7-13(20)17-12-5-4-11(15)6-10(12)3/h4-6,8-9H,7H2,1-3H3,(H,17,20). The van der Waals surface area contributed by atoms with E-state index in [4.69, 9.17) is 0 Å². The van der Waals surface area contributed by atoms with Gasteiger partial charge in [-0.2, -0.15) is 0 Å². The summed E-state index contributed by atoms with van der Waals surface area (Å²) in [5.74, 6) is -0.250. The van der Waals surface area contributed by atoms with Gasteiger partial charge in [0.25, 0.3) is 0 Å². The maximum absolute atomic E-state index is 13.0. The molecule has 0 aliphatic heterocycles. The van der Waals surface area contributed by atoms with Crippen molar-refractivity contribution in [3.05, 3.63) is 35.9 Å². The Kier molecular flexibility index (Phi) is 4.95. The van der Waals surface area contributed by atoms with Crippen LogP contribution in [0.1, 0.15) is 25.5 Å². The average molecular weight is 308 g/mol. The van der Waals surface area contributed by atoms with Crippen molar-refractivity contribution in [1.29, 1.82) is 0 Å². The Balaban J connectivity index is 1.94. The fourth-order valence-corrected chi connectivity index (χ4v) is 2.62. The topological polar surface area (TPSA) is 59.8 Å². The Hall–Kier alpha value is -1.89. The molecule has 0 saturated carbocycles. The van der Waals surface area contributed by atoms with Gasteiger partial charge < -0.3 is 9.88 Å². The Labute approximate surface area is 127 Å². The highest BCUT2D eigenvalue weighted by Crippen LogP contribution is 2.20. The smallest absolute Gasteiger partial charge is 0.234 e. The zero-order valence-corrected chi connectivity index (χ0v) is 12.9. The second kappa shape index (κ2) is 6.71. The minimum atomic E-state index is -0.315. The summed E-state index contributed by atoms with van der Waals surface area (Å²) in [6, 6.07) is 4.51. The van der Waals surface area contributed by atoms with Crippen LogP contribution >= 0.6 is 11.8 Å². The molecule has 1 amide bonds. The van der Waals surface area contributed by atoms with Gasteiger partial charge in [-0.3, -0.25) is 4.79 Å². The van der Waals surface area contributed by atoms with Gasteiger partial charge in [0.15, 0.2) is 5.16 Å². The van der Waals surface area contributed by atoms with Crippen molar-refractivity contribution >= 4 is 23.4 Å². The van der Waals surface area contributed by atoms with Gasteiger partial charge in [0.1, 0.15) is 12.1 Å². The van der Waals surface area contributed by atoms with Gasteiger partial charge in [0.05, 0.1) is 5.75 Å². The number of amides is 1. The summed E-state index contributed by atoms with van der Waals surface area (Å²) < 4.78 is 14.9. The van der Waals surface area contributed by atoms with Crippen LogP contribution in [0, 0.1) is 12.7 Å². The SMILES string of the molecule is Cc1cc(F)ccc1NC(=O)CSc1nncn1C(C)C. The highest BCUT2D eigenvalue weighted by atomic mass is 32.2. The van der Waals surface area contributed by atoms with E-state index in [2.05, 4.69) is 15.5 Å². The van der Waals surface area contributed by atoms with Crippen LogP contribution in [0.2, 0.25) is 0 Å². The maximum atomic E-state index is 13.0. The number of halogens is 1. The van der Waals surface area contributed by atoms with Crippen LogP contribution in [0.5, 0.6) is 0 Å². The Morgan fingerprint density at radius 2 is 2.24 bits per heavy atom. The monoisotopic (exact) mass is 308 g/mol. The number of benzene rings is 1. The van der Waals surface area contributed by atoms with Crippen molar-refractivity contribution in [3.63, 3.8) is 0 Å². The van der Waals surface area contributed by atoms with Gasteiger partial charge in [0.2, 0.25) is 5.91 Å². The van der Waals surface area contributed by atoms with Crippen molar-refractivity contribution in [2.75, 3.05) is 11.1 Å². The number of aryl methyl sites for hydroxylation is 1. The van der Waals surface area contributed by atoms with Gasteiger partial charge in [-0.25, -0.2) is 4.39 Å². The molecule has 0 saturated heterocycles. The molecular weight excluding hydrogens is 291 g/mol. The zero-order chi connectivity index (χ0) is 15.4. The van der Waals surface area contributed by atoms with Gasteiger partial charge in [-0.15, -0.1) is 10.2 Å². The van der Waals surface area contributed by atoms with E-state index < -0.39 is 0 Å². The molecule has 0 radical (unpaired) electrons. The molecular formula is C14H17FN4OS. The number of rotatable bonds is 5. The molecule has 112 valence electrons. The lowest BCUT2D eigenvalue weighted by Crippen LogP contribution is -2.15. The number of nitrogens with zero attached hydrogens (tertiary/aromatic N) is 3. The molecule has 1 aromatic heterocycles. The first kappa shape index (κ1) is 15.5. The lowest BCUT2D eigenvalue weighted by Gasteiger charge is -2.10. The maximum Gasteiger partial charge on any atom is 0.234 e. The molecule has 1 heterocycles. The van der Waals surface area contributed by atoms with Crippen molar-refractivity contribution in [2.24, 2.45) is 0 Å². The largest absolute Gasteiger partial charge is 0.325 e. The Morgan fingerprint density at radius 1 is 1.48 bits per heavy atom. The molecule has 0 atom stereocenters. The minimum absolute atomic E-state index is 0.159. The summed E-state index contributed by atoms with van der Waals surface area (Å²) in [6.45, 7) is 5.80. The summed E-state index contributed by atoms with van der Waals surface area (Å²) in [4.78, 5) is 11.9. The van der Waals surface area contributed by atoms with Gasteiger partial charge in [-0.05, 0) is 44.5 Å². The molecule has 0 spiro atoms. The Morgan fingerprint density at radius 3 is 2.90 bits per heavy atom. The fourth-order valence-electron chi connectivity index (χ4n) is 1.77. The molecule has 2 rings (SSSR count). The molecule has 0 aliphatic carbocycles. The lowest BCUT2D eigenvalue weighted by molar-refractivity contribution is -0.113. The van der Waals surface area contributed by atoms with E-state index in [-0.39, 0.29) is 23.5 Å². The highest BCUT2D eigenvalue weighted by molar-refractivity contribution is 7.99. The number of aromatic nitrogens is 3. The van der Waals surface area contributed by atoms with E-state index in [1.54, 1.807) is 19.3 Å². The van der Waals surface area contributed by atoms with Crippen molar-refractivity contribution in [1.82, 2.24) is 14.8 Å². The average Bonchev–Trinajstić information content (AvgIpc) is 2.88. The predicted octanol–water partition coefficient (Wildman–Crippen LogP) is 3.04. The number of anilines is 1. The van der Waals surface area contributed by atoms with Gasteiger partial charge in [0, 0.05) is 11.7 Å². The van der Waals surface area contributed by atoms with E-state index in [0.717, 1.165) is 0 Å². The third kappa shape index (κ3) is 4.04. The molecule has 1 N–H and O–H groups in total. The summed E-state index contributed by atoms with van der Waals surface area (Å²) in [6.07, 6.45) is 1.65. The zero-order valence-electron chi connectivity index (χ0n) is 12.1. The first-order chi connectivity index (χ1) is 9.97. The van der Waals surface area contributed by atoms with Gasteiger partial charge in [-0.1, -0.05) is 11.8 Å². The molecule has 0 fully saturated rings. The molecule has 21 heavy (non-hydrogen) atoms. The quantitative estimate of drug-likeness (QED) is 0.863. The minimum Gasteiger partial charge on any atom is -0.325 e. The number of carbonyl (C=O) groups is 1. The van der Waals surface area contributed by atoms with Crippen molar-refractivity contribution in [2.45, 2.75) is 32.0 Å². The number of hydrogen-bond acceptors (Lipinski definition) is 4. The fraction of sp³-hybridized carbons (Fsp3) is 0.357. The molecule has 0 aliphatic rings. The predicted molar refractivity (Wildman–Crippen MR) is 80.9 cm³/mol. The first-order valence-electron chi connectivity index (χ1n) is 6.55. The van der Waals surface area contributed by atoms with E-state index in [9.17, 15) is 9.18 Å². The summed E-state index contributed by atoms with van der Waals surface area (Å²) in [5.41, 5.74) is 1.31. The molecule has 0 bridgehead atoms. The van der Waals surface area contributed by atoms with E-state index in [1.807, 2.05) is 18.4 Å². The van der Waals surface area contributed by atoms with Crippen LogP contribution in [-0.4, -0.2) is 26.4 Å². The summed E-state index contributed by atoms with van der Waals surface area (Å²) in [7, 11) is 0. The third-order valence-electron chi connectivity index (χ3n) is 2.89. The van der Waals surface area contributed by atoms with Crippen LogP contribution in [0.4, 0.5) is 10.1 Å². The molecule has 5 nitrogen and oxygen atoms in total. The van der Waals surface area contributed by atoms with Crippen LogP contribution in [0.3, 0.4) is 0 Å². The van der Waals surface area contributed by atoms with Gasteiger partial charge >= 0.3 is 0 Å². The Bertz CT molecular complexity index is 642. The first-order valence-corrected chi connectivity index (χ1v) is 7.54. The van der Waals surface area contributed by atoms with Crippen molar-refractivity contribution < 1.29 is 9.18 Å². The third-order valence-corrected chi connectivity index (χ3v) is 3.85. The lowest BCUT2D eigenvalue weighted by atomic mass is 10.2. The number of hydrogen-bond donors (Lipinski definition) is 1. The normalized spacial score (nSPS) is 10.9. The number of carbonyl (C=O) groups excluding carboxylic acids is 1. The molecule has 0 unspecified atom stereocenters. The van der Waals surface area contributed by atoms with Crippen LogP contribution in [0.15, 0.2) is 29.7 Å².